The highest BCUT2D eigenvalue weighted by molar-refractivity contribution is 5.37. The predicted molar refractivity (Wildman–Crippen MR) is 76.4 cm³/mol. The van der Waals surface area contributed by atoms with Crippen LogP contribution in [-0.2, 0) is 13.2 Å². The summed E-state index contributed by atoms with van der Waals surface area (Å²) in [7, 11) is 1.50. The SMILES string of the molecule is COc1ccc(COc2ccc(C)cc2CN)c(F)c1. The molecule has 4 heteroatoms. The first kappa shape index (κ1) is 14.3. The Hall–Kier alpha value is -2.07. The molecule has 106 valence electrons. The van der Waals surface area contributed by atoms with Crippen LogP contribution in [0.5, 0.6) is 11.5 Å². The van der Waals surface area contributed by atoms with Gasteiger partial charge in [0.2, 0.25) is 0 Å². The molecule has 0 aliphatic rings. The fraction of sp³-hybridized carbons (Fsp3) is 0.250. The lowest BCUT2D eigenvalue weighted by atomic mass is 10.1. The van der Waals surface area contributed by atoms with E-state index < -0.39 is 0 Å². The van der Waals surface area contributed by atoms with Crippen LogP contribution >= 0.6 is 0 Å². The third-order valence-corrected chi connectivity index (χ3v) is 3.08. The highest BCUT2D eigenvalue weighted by atomic mass is 19.1. The summed E-state index contributed by atoms with van der Waals surface area (Å²) in [6, 6.07) is 10.5. The van der Waals surface area contributed by atoms with Gasteiger partial charge in [-0.3, -0.25) is 0 Å². The molecule has 0 atom stereocenters. The van der Waals surface area contributed by atoms with Crippen molar-refractivity contribution < 1.29 is 13.9 Å². The maximum absolute atomic E-state index is 13.8. The molecule has 2 aromatic carbocycles. The molecule has 0 radical (unpaired) electrons. The van der Waals surface area contributed by atoms with Crippen molar-refractivity contribution in [2.75, 3.05) is 7.11 Å². The van der Waals surface area contributed by atoms with E-state index in [0.29, 0.717) is 23.6 Å². The van der Waals surface area contributed by atoms with Crippen LogP contribution < -0.4 is 15.2 Å². The van der Waals surface area contributed by atoms with Gasteiger partial charge in [0, 0.05) is 23.7 Å². The molecule has 0 fully saturated rings. The summed E-state index contributed by atoms with van der Waals surface area (Å²) in [5, 5.41) is 0. The van der Waals surface area contributed by atoms with Crippen molar-refractivity contribution in [3.63, 3.8) is 0 Å². The lowest BCUT2D eigenvalue weighted by Gasteiger charge is -2.12. The van der Waals surface area contributed by atoms with E-state index in [4.69, 9.17) is 15.2 Å². The number of aryl methyl sites for hydroxylation is 1. The summed E-state index contributed by atoms with van der Waals surface area (Å²) < 4.78 is 24.4. The van der Waals surface area contributed by atoms with Crippen molar-refractivity contribution >= 4 is 0 Å². The Kier molecular flexibility index (Phi) is 4.58. The summed E-state index contributed by atoms with van der Waals surface area (Å²) in [4.78, 5) is 0. The first-order valence-corrected chi connectivity index (χ1v) is 6.39. The molecule has 0 amide bonds. The molecule has 0 saturated heterocycles. The Bertz CT molecular complexity index is 599. The summed E-state index contributed by atoms with van der Waals surface area (Å²) in [5.41, 5.74) is 8.20. The number of hydrogen-bond acceptors (Lipinski definition) is 3. The van der Waals surface area contributed by atoms with Crippen LogP contribution in [0.25, 0.3) is 0 Å². The smallest absolute Gasteiger partial charge is 0.133 e. The van der Waals surface area contributed by atoms with Gasteiger partial charge < -0.3 is 15.2 Å². The fourth-order valence-electron chi connectivity index (χ4n) is 1.94. The van der Waals surface area contributed by atoms with Gasteiger partial charge in [-0.1, -0.05) is 17.7 Å². The average molecular weight is 275 g/mol. The molecular formula is C16H18FNO2. The van der Waals surface area contributed by atoms with Crippen LogP contribution in [0.15, 0.2) is 36.4 Å². The summed E-state index contributed by atoms with van der Waals surface area (Å²) >= 11 is 0. The average Bonchev–Trinajstić information content (AvgIpc) is 2.46. The summed E-state index contributed by atoms with van der Waals surface area (Å²) in [6.07, 6.45) is 0. The minimum atomic E-state index is -0.342. The van der Waals surface area contributed by atoms with Crippen LogP contribution in [0, 0.1) is 12.7 Å². The van der Waals surface area contributed by atoms with Crippen LogP contribution in [0.1, 0.15) is 16.7 Å². The van der Waals surface area contributed by atoms with Crippen molar-refractivity contribution in [2.45, 2.75) is 20.1 Å². The number of halogens is 1. The van der Waals surface area contributed by atoms with Gasteiger partial charge in [-0.05, 0) is 25.1 Å². The molecule has 2 rings (SSSR count). The quantitative estimate of drug-likeness (QED) is 0.911. The van der Waals surface area contributed by atoms with Gasteiger partial charge in [-0.15, -0.1) is 0 Å². The zero-order valence-corrected chi connectivity index (χ0v) is 11.7. The molecule has 0 saturated carbocycles. The van der Waals surface area contributed by atoms with Crippen molar-refractivity contribution in [1.29, 1.82) is 0 Å². The first-order valence-electron chi connectivity index (χ1n) is 6.39. The number of methoxy groups -OCH3 is 1. The van der Waals surface area contributed by atoms with E-state index in [1.54, 1.807) is 12.1 Å². The zero-order valence-electron chi connectivity index (χ0n) is 11.7. The standard InChI is InChI=1S/C16H18FNO2/c1-11-3-6-16(13(7-11)9-18)20-10-12-4-5-14(19-2)8-15(12)17/h3-8H,9-10,18H2,1-2H3. The number of nitrogens with two attached hydrogens (primary N) is 1. The second-order valence-corrected chi connectivity index (χ2v) is 4.56. The van der Waals surface area contributed by atoms with Gasteiger partial charge in [0.25, 0.3) is 0 Å². The Morgan fingerprint density at radius 3 is 2.55 bits per heavy atom. The molecule has 0 spiro atoms. The minimum Gasteiger partial charge on any atom is -0.497 e. The summed E-state index contributed by atoms with van der Waals surface area (Å²) in [5.74, 6) is 0.836. The molecule has 0 aliphatic heterocycles. The monoisotopic (exact) mass is 275 g/mol. The Balaban J connectivity index is 2.12. The Morgan fingerprint density at radius 2 is 1.90 bits per heavy atom. The number of hydrogen-bond donors (Lipinski definition) is 1. The van der Waals surface area contributed by atoms with Gasteiger partial charge in [-0.25, -0.2) is 4.39 Å². The molecule has 2 aromatic rings. The third kappa shape index (κ3) is 3.27. The number of ether oxygens (including phenoxy) is 2. The molecule has 2 N–H and O–H groups in total. The van der Waals surface area contributed by atoms with E-state index in [1.165, 1.54) is 13.2 Å². The zero-order chi connectivity index (χ0) is 14.5. The Labute approximate surface area is 118 Å². The predicted octanol–water partition coefficient (Wildman–Crippen LogP) is 3.18. The molecule has 0 heterocycles. The van der Waals surface area contributed by atoms with E-state index in [-0.39, 0.29) is 12.4 Å². The molecule has 0 unspecified atom stereocenters. The van der Waals surface area contributed by atoms with Crippen LogP contribution in [0.4, 0.5) is 4.39 Å². The topological polar surface area (TPSA) is 44.5 Å². The maximum Gasteiger partial charge on any atom is 0.133 e. The molecular weight excluding hydrogens is 257 g/mol. The van der Waals surface area contributed by atoms with Gasteiger partial charge in [0.05, 0.1) is 7.11 Å². The number of benzene rings is 2. The van der Waals surface area contributed by atoms with E-state index in [2.05, 4.69) is 0 Å². The molecule has 0 bridgehead atoms. The van der Waals surface area contributed by atoms with E-state index in [1.807, 2.05) is 25.1 Å². The van der Waals surface area contributed by atoms with Crippen molar-refractivity contribution in [3.8, 4) is 11.5 Å². The maximum atomic E-state index is 13.8. The van der Waals surface area contributed by atoms with Gasteiger partial charge in [0.1, 0.15) is 23.9 Å². The highest BCUT2D eigenvalue weighted by Crippen LogP contribution is 2.22. The lowest BCUT2D eigenvalue weighted by Crippen LogP contribution is -2.04. The van der Waals surface area contributed by atoms with Crippen molar-refractivity contribution in [3.05, 3.63) is 58.9 Å². The van der Waals surface area contributed by atoms with E-state index in [0.717, 1.165) is 11.1 Å². The van der Waals surface area contributed by atoms with Crippen molar-refractivity contribution in [1.82, 2.24) is 0 Å². The molecule has 0 aliphatic carbocycles. The molecule has 20 heavy (non-hydrogen) atoms. The van der Waals surface area contributed by atoms with Crippen LogP contribution in [0.2, 0.25) is 0 Å². The van der Waals surface area contributed by atoms with E-state index in [9.17, 15) is 4.39 Å². The minimum absolute atomic E-state index is 0.159. The number of rotatable bonds is 5. The second-order valence-electron chi connectivity index (χ2n) is 4.56. The van der Waals surface area contributed by atoms with Crippen molar-refractivity contribution in [2.24, 2.45) is 5.73 Å². The van der Waals surface area contributed by atoms with Gasteiger partial charge >= 0.3 is 0 Å². The van der Waals surface area contributed by atoms with E-state index >= 15 is 0 Å². The van der Waals surface area contributed by atoms with Crippen LogP contribution in [-0.4, -0.2) is 7.11 Å². The summed E-state index contributed by atoms with van der Waals surface area (Å²) in [6.45, 7) is 2.54. The first-order chi connectivity index (χ1) is 9.63. The second kappa shape index (κ2) is 6.39. The third-order valence-electron chi connectivity index (χ3n) is 3.08. The normalized spacial score (nSPS) is 10.4. The lowest BCUT2D eigenvalue weighted by molar-refractivity contribution is 0.296. The molecule has 0 aromatic heterocycles. The van der Waals surface area contributed by atoms with Gasteiger partial charge in [-0.2, -0.15) is 0 Å². The molecule has 3 nitrogen and oxygen atoms in total. The Morgan fingerprint density at radius 1 is 1.10 bits per heavy atom. The largest absolute Gasteiger partial charge is 0.497 e. The van der Waals surface area contributed by atoms with Crippen LogP contribution in [0.3, 0.4) is 0 Å². The highest BCUT2D eigenvalue weighted by Gasteiger charge is 2.07. The fourth-order valence-corrected chi connectivity index (χ4v) is 1.94. The van der Waals surface area contributed by atoms with Gasteiger partial charge in [0.15, 0.2) is 0 Å².